The molecular weight excluding hydrogens is 268 g/mol. The quantitative estimate of drug-likeness (QED) is 0.929. The Bertz CT molecular complexity index is 483. The van der Waals surface area contributed by atoms with Crippen molar-refractivity contribution in [3.8, 4) is 5.75 Å². The molecule has 2 heterocycles. The number of hydrogen-bond donors (Lipinski definition) is 1. The van der Waals surface area contributed by atoms with E-state index < -0.39 is 0 Å². The Kier molecular flexibility index (Phi) is 3.98. The molecule has 1 saturated heterocycles. The molecule has 3 rings (SSSR count). The zero-order valence-electron chi connectivity index (χ0n) is 12.4. The number of thioether (sulfide) groups is 1. The monoisotopic (exact) mass is 292 g/mol. The Morgan fingerprint density at radius 1 is 1.35 bits per heavy atom. The van der Waals surface area contributed by atoms with E-state index in [4.69, 9.17) is 10.5 Å². The highest BCUT2D eigenvalue weighted by molar-refractivity contribution is 7.99. The molecular formula is C16H24N2OS. The summed E-state index contributed by atoms with van der Waals surface area (Å²) in [5.41, 5.74) is 8.62. The summed E-state index contributed by atoms with van der Waals surface area (Å²) in [5.74, 6) is 3.50. The van der Waals surface area contributed by atoms with Crippen LogP contribution in [0, 0.1) is 0 Å². The molecule has 3 nitrogen and oxygen atoms in total. The second-order valence-electron chi connectivity index (χ2n) is 6.27. The maximum absolute atomic E-state index is 6.21. The van der Waals surface area contributed by atoms with E-state index in [0.717, 1.165) is 25.3 Å². The summed E-state index contributed by atoms with van der Waals surface area (Å²) in [6.07, 6.45) is 0.989. The van der Waals surface area contributed by atoms with E-state index in [9.17, 15) is 0 Å². The molecule has 4 heteroatoms. The van der Waals surface area contributed by atoms with Gasteiger partial charge >= 0.3 is 0 Å². The minimum absolute atomic E-state index is 0.0880. The van der Waals surface area contributed by atoms with Crippen molar-refractivity contribution in [3.63, 3.8) is 0 Å². The van der Waals surface area contributed by atoms with Crippen LogP contribution in [0.15, 0.2) is 18.2 Å². The standard InChI is InChI=1S/C16H24N2OS/c1-16(2)10-12-4-3-5-13(15(12)19-16)14(11-17)18-6-8-20-9-7-18/h3-5,14H,6-11,17H2,1-2H3. The molecule has 0 aliphatic carbocycles. The van der Waals surface area contributed by atoms with Crippen LogP contribution < -0.4 is 10.5 Å². The van der Waals surface area contributed by atoms with Crippen molar-refractivity contribution in [2.45, 2.75) is 31.9 Å². The predicted molar refractivity (Wildman–Crippen MR) is 85.5 cm³/mol. The first kappa shape index (κ1) is 14.2. The van der Waals surface area contributed by atoms with Crippen molar-refractivity contribution in [2.75, 3.05) is 31.1 Å². The van der Waals surface area contributed by atoms with Crippen LogP contribution in [-0.4, -0.2) is 41.6 Å². The molecule has 20 heavy (non-hydrogen) atoms. The first-order chi connectivity index (χ1) is 9.61. The number of rotatable bonds is 3. The normalized spacial score (nSPS) is 23.1. The van der Waals surface area contributed by atoms with Crippen molar-refractivity contribution < 1.29 is 4.74 Å². The van der Waals surface area contributed by atoms with Crippen molar-refractivity contribution in [2.24, 2.45) is 5.73 Å². The Morgan fingerprint density at radius 2 is 2.10 bits per heavy atom. The highest BCUT2D eigenvalue weighted by Gasteiger charge is 2.34. The van der Waals surface area contributed by atoms with Gasteiger partial charge in [0.05, 0.1) is 6.04 Å². The Hall–Kier alpha value is -0.710. The Balaban J connectivity index is 1.91. The van der Waals surface area contributed by atoms with Gasteiger partial charge in [0.15, 0.2) is 0 Å². The third-order valence-corrected chi connectivity index (χ3v) is 5.13. The minimum atomic E-state index is -0.0880. The van der Waals surface area contributed by atoms with Gasteiger partial charge < -0.3 is 10.5 Å². The molecule has 2 aliphatic rings. The van der Waals surface area contributed by atoms with Crippen molar-refractivity contribution >= 4 is 11.8 Å². The highest BCUT2D eigenvalue weighted by atomic mass is 32.2. The summed E-state index contributed by atoms with van der Waals surface area (Å²) in [6, 6.07) is 6.83. The molecule has 1 aromatic carbocycles. The van der Waals surface area contributed by atoms with E-state index in [1.165, 1.54) is 22.6 Å². The molecule has 1 atom stereocenters. The number of fused-ring (bicyclic) bond motifs is 1. The number of nitrogens with two attached hydrogens (primary N) is 1. The molecule has 0 spiro atoms. The van der Waals surface area contributed by atoms with E-state index in [2.05, 4.69) is 36.9 Å². The first-order valence-corrected chi connectivity index (χ1v) is 8.59. The average molecular weight is 292 g/mol. The summed E-state index contributed by atoms with van der Waals surface area (Å²) in [6.45, 7) is 7.22. The van der Waals surface area contributed by atoms with Crippen molar-refractivity contribution in [3.05, 3.63) is 29.3 Å². The lowest BCUT2D eigenvalue weighted by atomic mass is 9.97. The Morgan fingerprint density at radius 3 is 2.80 bits per heavy atom. The van der Waals surface area contributed by atoms with Gasteiger partial charge in [-0.1, -0.05) is 18.2 Å². The molecule has 0 amide bonds. The third kappa shape index (κ3) is 2.69. The number of benzene rings is 1. The summed E-state index contributed by atoms with van der Waals surface area (Å²) in [4.78, 5) is 2.51. The van der Waals surface area contributed by atoms with E-state index in [1.807, 2.05) is 11.8 Å². The second-order valence-corrected chi connectivity index (χ2v) is 7.50. The average Bonchev–Trinajstić information content (AvgIpc) is 2.75. The topological polar surface area (TPSA) is 38.5 Å². The fourth-order valence-corrected chi connectivity index (χ4v) is 4.20. The van der Waals surface area contributed by atoms with Crippen LogP contribution in [0.3, 0.4) is 0 Å². The lowest BCUT2D eigenvalue weighted by Crippen LogP contribution is -2.39. The van der Waals surface area contributed by atoms with Gasteiger partial charge in [0, 0.05) is 43.1 Å². The van der Waals surface area contributed by atoms with Crippen LogP contribution in [0.5, 0.6) is 5.75 Å². The summed E-state index contributed by atoms with van der Waals surface area (Å²) < 4.78 is 6.21. The Labute approximate surface area is 125 Å². The fraction of sp³-hybridized carbons (Fsp3) is 0.625. The summed E-state index contributed by atoms with van der Waals surface area (Å²) >= 11 is 2.03. The first-order valence-electron chi connectivity index (χ1n) is 7.43. The largest absolute Gasteiger partial charge is 0.487 e. The summed E-state index contributed by atoms with van der Waals surface area (Å²) in [7, 11) is 0. The van der Waals surface area contributed by atoms with Crippen LogP contribution in [0.4, 0.5) is 0 Å². The molecule has 0 bridgehead atoms. The van der Waals surface area contributed by atoms with Crippen LogP contribution >= 0.6 is 11.8 Å². The SMILES string of the molecule is CC1(C)Cc2cccc(C(CN)N3CCSCC3)c2O1. The maximum Gasteiger partial charge on any atom is 0.128 e. The van der Waals surface area contributed by atoms with Gasteiger partial charge in [0.2, 0.25) is 0 Å². The van der Waals surface area contributed by atoms with Gasteiger partial charge in [-0.15, -0.1) is 0 Å². The molecule has 0 radical (unpaired) electrons. The molecule has 0 saturated carbocycles. The molecule has 0 aromatic heterocycles. The van der Waals surface area contributed by atoms with Crippen LogP contribution in [0.25, 0.3) is 0 Å². The molecule has 1 unspecified atom stereocenters. The van der Waals surface area contributed by atoms with Gasteiger partial charge in [-0.25, -0.2) is 0 Å². The maximum atomic E-state index is 6.21. The highest BCUT2D eigenvalue weighted by Crippen LogP contribution is 2.41. The number of para-hydroxylation sites is 1. The van der Waals surface area contributed by atoms with Crippen molar-refractivity contribution in [1.82, 2.24) is 4.90 Å². The second kappa shape index (κ2) is 5.58. The third-order valence-electron chi connectivity index (χ3n) is 4.19. The van der Waals surface area contributed by atoms with Gasteiger partial charge in [-0.3, -0.25) is 4.90 Å². The molecule has 1 aromatic rings. The van der Waals surface area contributed by atoms with Gasteiger partial charge in [-0.05, 0) is 19.4 Å². The molecule has 2 aliphatic heterocycles. The fourth-order valence-electron chi connectivity index (χ4n) is 3.26. The molecule has 110 valence electrons. The smallest absolute Gasteiger partial charge is 0.128 e. The van der Waals surface area contributed by atoms with Crippen molar-refractivity contribution in [1.29, 1.82) is 0 Å². The number of hydrogen-bond acceptors (Lipinski definition) is 4. The van der Waals surface area contributed by atoms with Crippen LogP contribution in [0.1, 0.15) is 31.0 Å². The predicted octanol–water partition coefficient (Wildman–Crippen LogP) is 2.45. The lowest BCUT2D eigenvalue weighted by molar-refractivity contribution is 0.132. The minimum Gasteiger partial charge on any atom is -0.487 e. The van der Waals surface area contributed by atoms with Crippen LogP contribution in [0.2, 0.25) is 0 Å². The zero-order chi connectivity index (χ0) is 14.2. The van der Waals surface area contributed by atoms with Gasteiger partial charge in [0.1, 0.15) is 11.4 Å². The van der Waals surface area contributed by atoms with E-state index in [1.54, 1.807) is 0 Å². The molecule has 2 N–H and O–H groups in total. The van der Waals surface area contributed by atoms with Gasteiger partial charge in [-0.2, -0.15) is 11.8 Å². The number of ether oxygens (including phenoxy) is 1. The van der Waals surface area contributed by atoms with E-state index >= 15 is 0 Å². The lowest BCUT2D eigenvalue weighted by Gasteiger charge is -2.34. The van der Waals surface area contributed by atoms with Gasteiger partial charge in [0.25, 0.3) is 0 Å². The van der Waals surface area contributed by atoms with E-state index in [0.29, 0.717) is 12.6 Å². The number of nitrogens with zero attached hydrogens (tertiary/aromatic N) is 1. The van der Waals surface area contributed by atoms with E-state index in [-0.39, 0.29) is 5.60 Å². The molecule has 1 fully saturated rings. The zero-order valence-corrected chi connectivity index (χ0v) is 13.2. The van der Waals surface area contributed by atoms with Crippen LogP contribution in [-0.2, 0) is 6.42 Å². The summed E-state index contributed by atoms with van der Waals surface area (Å²) in [5, 5.41) is 0.